The van der Waals surface area contributed by atoms with Crippen LogP contribution in [0.15, 0.2) is 30.3 Å². The standard InChI is InChI=1S/C19H24N4O/c24-19-18-16(7-4-9-20-19)21-17(22-18)11-15-8-10-23(13-15)12-14-5-2-1-3-6-14/h1-3,5-6,15H,4,7-13H2,(H,20,24)(H,21,22). The maximum Gasteiger partial charge on any atom is 0.271 e. The largest absolute Gasteiger partial charge is 0.351 e. The smallest absolute Gasteiger partial charge is 0.271 e. The quantitative estimate of drug-likeness (QED) is 0.906. The fraction of sp³-hybridized carbons (Fsp3) is 0.474. The van der Waals surface area contributed by atoms with Crippen LogP contribution in [0.5, 0.6) is 0 Å². The molecule has 2 aliphatic rings. The van der Waals surface area contributed by atoms with Crippen molar-refractivity contribution in [1.82, 2.24) is 20.2 Å². The van der Waals surface area contributed by atoms with E-state index in [2.05, 4.69) is 50.5 Å². The predicted molar refractivity (Wildman–Crippen MR) is 92.8 cm³/mol. The minimum absolute atomic E-state index is 0.0258. The average molecular weight is 324 g/mol. The Morgan fingerprint density at radius 3 is 3.00 bits per heavy atom. The van der Waals surface area contributed by atoms with Gasteiger partial charge in [-0.15, -0.1) is 0 Å². The van der Waals surface area contributed by atoms with Crippen molar-refractivity contribution in [3.8, 4) is 0 Å². The lowest BCUT2D eigenvalue weighted by Crippen LogP contribution is -2.23. The van der Waals surface area contributed by atoms with Crippen LogP contribution in [0.4, 0.5) is 0 Å². The number of likely N-dealkylation sites (tertiary alicyclic amines) is 1. The van der Waals surface area contributed by atoms with E-state index in [1.54, 1.807) is 0 Å². The van der Waals surface area contributed by atoms with Crippen molar-refractivity contribution in [3.63, 3.8) is 0 Å². The van der Waals surface area contributed by atoms with Gasteiger partial charge in [0.25, 0.3) is 5.91 Å². The monoisotopic (exact) mass is 324 g/mol. The highest BCUT2D eigenvalue weighted by atomic mass is 16.1. The number of fused-ring (bicyclic) bond motifs is 1. The summed E-state index contributed by atoms with van der Waals surface area (Å²) in [6.07, 6.45) is 4.02. The normalized spacial score (nSPS) is 21.3. The first kappa shape index (κ1) is 15.4. The van der Waals surface area contributed by atoms with Gasteiger partial charge in [-0.2, -0.15) is 0 Å². The lowest BCUT2D eigenvalue weighted by molar-refractivity contribution is 0.0951. The van der Waals surface area contributed by atoms with Gasteiger partial charge in [-0.05, 0) is 37.3 Å². The third-order valence-corrected chi connectivity index (χ3v) is 5.03. The van der Waals surface area contributed by atoms with Crippen molar-refractivity contribution in [2.75, 3.05) is 19.6 Å². The molecule has 126 valence electrons. The number of aryl methyl sites for hydroxylation is 1. The number of hydrogen-bond acceptors (Lipinski definition) is 3. The zero-order chi connectivity index (χ0) is 16.4. The fourth-order valence-electron chi connectivity index (χ4n) is 3.82. The Kier molecular flexibility index (Phi) is 4.34. The maximum atomic E-state index is 12.0. The molecule has 4 rings (SSSR count). The highest BCUT2D eigenvalue weighted by Gasteiger charge is 2.25. The molecule has 1 fully saturated rings. The van der Waals surface area contributed by atoms with E-state index in [1.165, 1.54) is 12.0 Å². The van der Waals surface area contributed by atoms with Crippen LogP contribution >= 0.6 is 0 Å². The summed E-state index contributed by atoms with van der Waals surface area (Å²) >= 11 is 0. The van der Waals surface area contributed by atoms with Gasteiger partial charge < -0.3 is 10.3 Å². The Balaban J connectivity index is 1.37. The number of aromatic amines is 1. The molecule has 1 unspecified atom stereocenters. The van der Waals surface area contributed by atoms with E-state index in [9.17, 15) is 4.79 Å². The Hall–Kier alpha value is -2.14. The Morgan fingerprint density at radius 1 is 1.25 bits per heavy atom. The van der Waals surface area contributed by atoms with Crippen LogP contribution < -0.4 is 5.32 Å². The number of nitrogens with zero attached hydrogens (tertiary/aromatic N) is 2. The third-order valence-electron chi connectivity index (χ3n) is 5.03. The first-order valence-corrected chi connectivity index (χ1v) is 8.90. The van der Waals surface area contributed by atoms with Gasteiger partial charge in [-0.1, -0.05) is 30.3 Å². The van der Waals surface area contributed by atoms with Crippen LogP contribution in [0.2, 0.25) is 0 Å². The number of rotatable bonds is 4. The van der Waals surface area contributed by atoms with Crippen LogP contribution in [-0.2, 0) is 19.4 Å². The SMILES string of the molecule is O=C1NCCCc2[nH]c(CC3CCN(Cc4ccccc4)C3)nc21. The topological polar surface area (TPSA) is 61.0 Å². The van der Waals surface area contributed by atoms with E-state index < -0.39 is 0 Å². The van der Waals surface area contributed by atoms with Gasteiger partial charge in [-0.3, -0.25) is 9.69 Å². The van der Waals surface area contributed by atoms with Crippen LogP contribution in [0.25, 0.3) is 0 Å². The number of benzene rings is 1. The van der Waals surface area contributed by atoms with E-state index in [0.29, 0.717) is 11.6 Å². The van der Waals surface area contributed by atoms with Crippen molar-refractivity contribution in [1.29, 1.82) is 0 Å². The number of carbonyl (C=O) groups excluding carboxylic acids is 1. The summed E-state index contributed by atoms with van der Waals surface area (Å²) in [4.78, 5) is 22.5. The number of amides is 1. The molecule has 2 aromatic rings. The molecule has 5 nitrogen and oxygen atoms in total. The Labute approximate surface area is 142 Å². The second-order valence-electron chi connectivity index (χ2n) is 6.95. The summed E-state index contributed by atoms with van der Waals surface area (Å²) < 4.78 is 0. The number of carbonyl (C=O) groups is 1. The molecular weight excluding hydrogens is 300 g/mol. The first-order chi connectivity index (χ1) is 11.8. The predicted octanol–water partition coefficient (Wildman–Crippen LogP) is 2.15. The fourth-order valence-corrected chi connectivity index (χ4v) is 3.82. The van der Waals surface area contributed by atoms with Crippen molar-refractivity contribution in [3.05, 3.63) is 53.1 Å². The van der Waals surface area contributed by atoms with Crippen molar-refractivity contribution in [2.24, 2.45) is 5.92 Å². The number of H-pyrrole nitrogens is 1. The van der Waals surface area contributed by atoms with E-state index in [1.807, 2.05) is 0 Å². The van der Waals surface area contributed by atoms with E-state index in [4.69, 9.17) is 0 Å². The molecule has 2 aliphatic heterocycles. The summed E-state index contributed by atoms with van der Waals surface area (Å²) in [6.45, 7) is 4.01. The maximum absolute atomic E-state index is 12.0. The highest BCUT2D eigenvalue weighted by molar-refractivity contribution is 5.93. The zero-order valence-corrected chi connectivity index (χ0v) is 13.9. The molecule has 1 aromatic heterocycles. The summed E-state index contributed by atoms with van der Waals surface area (Å²) in [5.74, 6) is 1.57. The van der Waals surface area contributed by atoms with Crippen LogP contribution in [0.3, 0.4) is 0 Å². The minimum atomic E-state index is -0.0258. The number of aromatic nitrogens is 2. The Morgan fingerprint density at radius 2 is 2.12 bits per heavy atom. The molecule has 0 radical (unpaired) electrons. The molecule has 1 aromatic carbocycles. The Bertz CT molecular complexity index is 709. The highest BCUT2D eigenvalue weighted by Crippen LogP contribution is 2.22. The lowest BCUT2D eigenvalue weighted by atomic mass is 10.1. The van der Waals surface area contributed by atoms with Crippen LogP contribution in [0.1, 0.15) is 40.4 Å². The average Bonchev–Trinajstić information content (AvgIpc) is 3.16. The molecule has 1 saturated heterocycles. The molecule has 0 bridgehead atoms. The summed E-state index contributed by atoms with van der Waals surface area (Å²) in [7, 11) is 0. The number of imidazole rings is 1. The molecular formula is C19H24N4O. The molecule has 0 aliphatic carbocycles. The van der Waals surface area contributed by atoms with Gasteiger partial charge >= 0.3 is 0 Å². The minimum Gasteiger partial charge on any atom is -0.351 e. The van der Waals surface area contributed by atoms with E-state index in [-0.39, 0.29) is 5.91 Å². The second-order valence-corrected chi connectivity index (χ2v) is 6.95. The molecule has 2 N–H and O–H groups in total. The third kappa shape index (κ3) is 3.36. The molecule has 1 atom stereocenters. The lowest BCUT2D eigenvalue weighted by Gasteiger charge is -2.15. The van der Waals surface area contributed by atoms with Crippen molar-refractivity contribution in [2.45, 2.75) is 32.2 Å². The van der Waals surface area contributed by atoms with Gasteiger partial charge in [0.15, 0.2) is 0 Å². The van der Waals surface area contributed by atoms with Gasteiger partial charge in [0, 0.05) is 31.7 Å². The first-order valence-electron chi connectivity index (χ1n) is 8.90. The van der Waals surface area contributed by atoms with Gasteiger partial charge in [-0.25, -0.2) is 4.98 Å². The van der Waals surface area contributed by atoms with E-state index in [0.717, 1.165) is 57.0 Å². The van der Waals surface area contributed by atoms with Crippen LogP contribution in [0, 0.1) is 5.92 Å². The molecule has 1 amide bonds. The van der Waals surface area contributed by atoms with Crippen molar-refractivity contribution < 1.29 is 4.79 Å². The second kappa shape index (κ2) is 6.77. The molecule has 3 heterocycles. The molecule has 0 saturated carbocycles. The van der Waals surface area contributed by atoms with Gasteiger partial charge in [0.2, 0.25) is 0 Å². The summed E-state index contributed by atoms with van der Waals surface area (Å²) in [5.41, 5.74) is 3.00. The zero-order valence-electron chi connectivity index (χ0n) is 13.9. The molecule has 5 heteroatoms. The van der Waals surface area contributed by atoms with Crippen LogP contribution in [-0.4, -0.2) is 40.4 Å². The number of hydrogen-bond donors (Lipinski definition) is 2. The number of nitrogens with one attached hydrogen (secondary N) is 2. The van der Waals surface area contributed by atoms with Gasteiger partial charge in [0.05, 0.1) is 0 Å². The summed E-state index contributed by atoms with van der Waals surface area (Å²) in [6, 6.07) is 10.6. The van der Waals surface area contributed by atoms with E-state index >= 15 is 0 Å². The van der Waals surface area contributed by atoms with Crippen molar-refractivity contribution >= 4 is 5.91 Å². The molecule has 24 heavy (non-hydrogen) atoms. The summed E-state index contributed by atoms with van der Waals surface area (Å²) in [5, 5.41) is 2.91. The molecule has 0 spiro atoms. The van der Waals surface area contributed by atoms with Gasteiger partial charge in [0.1, 0.15) is 11.5 Å².